The normalized spacial score (nSPS) is 10.8. The molecule has 3 nitrogen and oxygen atoms in total. The summed E-state index contributed by atoms with van der Waals surface area (Å²) >= 11 is 3.45. The molecule has 0 saturated carbocycles. The van der Waals surface area contributed by atoms with Crippen LogP contribution in [0.25, 0.3) is 10.9 Å². The summed E-state index contributed by atoms with van der Waals surface area (Å²) in [5, 5.41) is 1.07. The second-order valence-corrected chi connectivity index (χ2v) is 5.84. The molecular weight excluding hydrogens is 328 g/mol. The van der Waals surface area contributed by atoms with Crippen LogP contribution in [0.5, 0.6) is 5.75 Å². The Labute approximate surface area is 131 Å². The summed E-state index contributed by atoms with van der Waals surface area (Å²) in [6.45, 7) is 2.42. The molecule has 0 unspecified atom stereocenters. The Morgan fingerprint density at radius 3 is 2.81 bits per heavy atom. The number of pyridine rings is 1. The second kappa shape index (κ2) is 5.74. The van der Waals surface area contributed by atoms with Crippen LogP contribution in [0.3, 0.4) is 0 Å². The molecule has 3 aromatic rings. The summed E-state index contributed by atoms with van der Waals surface area (Å²) in [6.07, 6.45) is 0. The minimum Gasteiger partial charge on any atom is -0.488 e. The van der Waals surface area contributed by atoms with Crippen LogP contribution in [0.1, 0.15) is 11.1 Å². The van der Waals surface area contributed by atoms with E-state index in [9.17, 15) is 0 Å². The van der Waals surface area contributed by atoms with Gasteiger partial charge >= 0.3 is 0 Å². The van der Waals surface area contributed by atoms with Crippen molar-refractivity contribution in [2.75, 3.05) is 5.73 Å². The van der Waals surface area contributed by atoms with Gasteiger partial charge in [0.15, 0.2) is 0 Å². The van der Waals surface area contributed by atoms with Crippen LogP contribution in [0.15, 0.2) is 53.0 Å². The highest BCUT2D eigenvalue weighted by Gasteiger charge is 2.06. The van der Waals surface area contributed by atoms with Gasteiger partial charge in [-0.1, -0.05) is 40.2 Å². The average molecular weight is 343 g/mol. The fraction of sp³-hybridized carbons (Fsp3) is 0.118. The summed E-state index contributed by atoms with van der Waals surface area (Å²) < 4.78 is 6.88. The second-order valence-electron chi connectivity index (χ2n) is 4.92. The summed E-state index contributed by atoms with van der Waals surface area (Å²) in [5.74, 6) is 1.36. The minimum atomic E-state index is 0.404. The molecule has 0 radical (unpaired) electrons. The highest BCUT2D eigenvalue weighted by molar-refractivity contribution is 9.10. The maximum atomic E-state index is 6.02. The molecule has 1 heterocycles. The molecule has 0 fully saturated rings. The van der Waals surface area contributed by atoms with E-state index in [4.69, 9.17) is 10.5 Å². The van der Waals surface area contributed by atoms with E-state index in [0.29, 0.717) is 12.4 Å². The molecule has 0 aliphatic rings. The Bertz CT molecular complexity index is 802. The molecule has 0 bridgehead atoms. The third kappa shape index (κ3) is 3.00. The van der Waals surface area contributed by atoms with Crippen LogP contribution in [0, 0.1) is 6.92 Å². The van der Waals surface area contributed by atoms with Gasteiger partial charge in [0.1, 0.15) is 18.2 Å². The number of nitrogen functional groups attached to an aromatic ring is 1. The van der Waals surface area contributed by atoms with Crippen molar-refractivity contribution in [3.63, 3.8) is 0 Å². The van der Waals surface area contributed by atoms with Gasteiger partial charge in [-0.2, -0.15) is 0 Å². The molecule has 4 heteroatoms. The van der Waals surface area contributed by atoms with Crippen LogP contribution in [0.4, 0.5) is 5.82 Å². The van der Waals surface area contributed by atoms with Crippen molar-refractivity contribution in [1.82, 2.24) is 4.98 Å². The molecule has 2 N–H and O–H groups in total. The SMILES string of the molecule is Cc1ccc(Br)cc1OCc1cc2ccccc2nc1N. The smallest absolute Gasteiger partial charge is 0.130 e. The quantitative estimate of drug-likeness (QED) is 0.763. The Kier molecular flexibility index (Phi) is 3.80. The first-order chi connectivity index (χ1) is 10.1. The molecule has 21 heavy (non-hydrogen) atoms. The fourth-order valence-electron chi connectivity index (χ4n) is 2.18. The summed E-state index contributed by atoms with van der Waals surface area (Å²) in [6, 6.07) is 15.9. The first kappa shape index (κ1) is 13.9. The van der Waals surface area contributed by atoms with E-state index in [-0.39, 0.29) is 0 Å². The molecule has 0 aliphatic heterocycles. The Morgan fingerprint density at radius 1 is 1.14 bits per heavy atom. The van der Waals surface area contributed by atoms with E-state index in [0.717, 1.165) is 32.3 Å². The molecule has 106 valence electrons. The summed E-state index contributed by atoms with van der Waals surface area (Å²) in [5.41, 5.74) is 8.90. The topological polar surface area (TPSA) is 48.1 Å². The van der Waals surface area contributed by atoms with E-state index in [1.165, 1.54) is 0 Å². The van der Waals surface area contributed by atoms with Crippen LogP contribution >= 0.6 is 15.9 Å². The lowest BCUT2D eigenvalue weighted by Crippen LogP contribution is -2.03. The van der Waals surface area contributed by atoms with Crippen LogP contribution in [-0.4, -0.2) is 4.98 Å². The number of fused-ring (bicyclic) bond motifs is 1. The van der Waals surface area contributed by atoms with Gasteiger partial charge in [-0.15, -0.1) is 0 Å². The number of benzene rings is 2. The Morgan fingerprint density at radius 2 is 1.95 bits per heavy atom. The number of para-hydroxylation sites is 1. The van der Waals surface area contributed by atoms with Gasteiger partial charge in [-0.25, -0.2) is 4.98 Å². The zero-order chi connectivity index (χ0) is 14.8. The lowest BCUT2D eigenvalue weighted by atomic mass is 10.1. The van der Waals surface area contributed by atoms with Crippen molar-refractivity contribution in [2.45, 2.75) is 13.5 Å². The van der Waals surface area contributed by atoms with Gasteiger partial charge in [0.05, 0.1) is 5.52 Å². The monoisotopic (exact) mass is 342 g/mol. The minimum absolute atomic E-state index is 0.404. The van der Waals surface area contributed by atoms with E-state index < -0.39 is 0 Å². The van der Waals surface area contributed by atoms with Gasteiger partial charge in [0.2, 0.25) is 0 Å². The zero-order valence-electron chi connectivity index (χ0n) is 11.6. The first-order valence-electron chi connectivity index (χ1n) is 6.66. The van der Waals surface area contributed by atoms with E-state index in [2.05, 4.69) is 20.9 Å². The molecule has 2 aromatic carbocycles. The van der Waals surface area contributed by atoms with E-state index >= 15 is 0 Å². The molecule has 3 rings (SSSR count). The van der Waals surface area contributed by atoms with E-state index in [1.807, 2.05) is 55.5 Å². The Balaban J connectivity index is 1.88. The van der Waals surface area contributed by atoms with Gasteiger partial charge in [0.25, 0.3) is 0 Å². The van der Waals surface area contributed by atoms with Crippen molar-refractivity contribution >= 4 is 32.7 Å². The lowest BCUT2D eigenvalue weighted by Gasteiger charge is -2.11. The predicted molar refractivity (Wildman–Crippen MR) is 89.4 cm³/mol. The first-order valence-corrected chi connectivity index (χ1v) is 7.46. The standard InChI is InChI=1S/C17H15BrN2O/c1-11-6-7-14(18)9-16(11)21-10-13-8-12-4-2-3-5-15(12)20-17(13)19/h2-9H,10H2,1H3,(H2,19,20). The third-order valence-corrected chi connectivity index (χ3v) is 3.86. The zero-order valence-corrected chi connectivity index (χ0v) is 13.2. The number of halogens is 1. The molecule has 0 atom stereocenters. The summed E-state index contributed by atoms with van der Waals surface area (Å²) in [4.78, 5) is 4.42. The Hall–Kier alpha value is -2.07. The third-order valence-electron chi connectivity index (χ3n) is 3.37. The predicted octanol–water partition coefficient (Wildman–Crippen LogP) is 4.47. The number of nitrogens with zero attached hydrogens (tertiary/aromatic N) is 1. The number of hydrogen-bond donors (Lipinski definition) is 1. The number of nitrogens with two attached hydrogens (primary N) is 1. The number of aryl methyl sites for hydroxylation is 1. The number of hydrogen-bond acceptors (Lipinski definition) is 3. The molecule has 0 amide bonds. The summed E-state index contributed by atoms with van der Waals surface area (Å²) in [7, 11) is 0. The fourth-order valence-corrected chi connectivity index (χ4v) is 2.52. The van der Waals surface area contributed by atoms with Crippen molar-refractivity contribution in [3.05, 3.63) is 64.1 Å². The van der Waals surface area contributed by atoms with Crippen LogP contribution in [-0.2, 0) is 6.61 Å². The highest BCUT2D eigenvalue weighted by atomic mass is 79.9. The van der Waals surface area contributed by atoms with Crippen molar-refractivity contribution in [1.29, 1.82) is 0 Å². The average Bonchev–Trinajstić information content (AvgIpc) is 2.48. The van der Waals surface area contributed by atoms with Gasteiger partial charge in [-0.3, -0.25) is 0 Å². The largest absolute Gasteiger partial charge is 0.488 e. The van der Waals surface area contributed by atoms with Gasteiger partial charge in [0, 0.05) is 15.4 Å². The van der Waals surface area contributed by atoms with E-state index in [1.54, 1.807) is 0 Å². The van der Waals surface area contributed by atoms with Gasteiger partial charge < -0.3 is 10.5 Å². The molecule has 1 aromatic heterocycles. The molecule has 0 aliphatic carbocycles. The molecular formula is C17H15BrN2O. The van der Waals surface area contributed by atoms with Crippen molar-refractivity contribution < 1.29 is 4.74 Å². The van der Waals surface area contributed by atoms with Crippen molar-refractivity contribution in [3.8, 4) is 5.75 Å². The number of anilines is 1. The maximum Gasteiger partial charge on any atom is 0.130 e. The molecule has 0 spiro atoms. The number of aromatic nitrogens is 1. The number of rotatable bonds is 3. The number of ether oxygens (including phenoxy) is 1. The lowest BCUT2D eigenvalue weighted by molar-refractivity contribution is 0.304. The van der Waals surface area contributed by atoms with Gasteiger partial charge in [-0.05, 0) is 36.8 Å². The van der Waals surface area contributed by atoms with Crippen LogP contribution < -0.4 is 10.5 Å². The molecule has 0 saturated heterocycles. The van der Waals surface area contributed by atoms with Crippen LogP contribution in [0.2, 0.25) is 0 Å². The van der Waals surface area contributed by atoms with Crippen molar-refractivity contribution in [2.24, 2.45) is 0 Å². The maximum absolute atomic E-state index is 6.02. The highest BCUT2D eigenvalue weighted by Crippen LogP contribution is 2.25.